The monoisotopic (exact) mass is 378 g/mol. The SMILES string of the molecule is CC1(C)O[C@@H]2[C@H](O1)[C@@H](C(=O)NCC(=O)O)O[C@H]2n1cnc2c(N)ncnc21. The normalized spacial score (nSPS) is 29.0. The maximum Gasteiger partial charge on any atom is 0.322 e. The first-order valence-corrected chi connectivity index (χ1v) is 8.20. The van der Waals surface area contributed by atoms with E-state index in [1.165, 1.54) is 12.7 Å². The van der Waals surface area contributed by atoms with Crippen molar-refractivity contribution in [2.75, 3.05) is 12.3 Å². The van der Waals surface area contributed by atoms with Gasteiger partial charge in [-0.05, 0) is 13.8 Å². The van der Waals surface area contributed by atoms with Crippen LogP contribution in [0.1, 0.15) is 20.1 Å². The zero-order valence-corrected chi connectivity index (χ0v) is 14.5. The highest BCUT2D eigenvalue weighted by molar-refractivity contribution is 5.85. The number of carbonyl (C=O) groups excluding carboxylic acids is 1. The zero-order chi connectivity index (χ0) is 19.3. The average molecular weight is 378 g/mol. The Labute approximate surface area is 152 Å². The van der Waals surface area contributed by atoms with E-state index in [0.29, 0.717) is 11.2 Å². The predicted octanol–water partition coefficient (Wildman–Crippen LogP) is -0.973. The third-order valence-corrected chi connectivity index (χ3v) is 4.36. The molecule has 12 heteroatoms. The number of carboxylic acid groups (broad SMARTS) is 1. The molecule has 0 aromatic carbocycles. The summed E-state index contributed by atoms with van der Waals surface area (Å²) in [5.41, 5.74) is 6.64. The van der Waals surface area contributed by atoms with Gasteiger partial charge in [0.25, 0.3) is 5.91 Å². The smallest absolute Gasteiger partial charge is 0.322 e. The number of carbonyl (C=O) groups is 2. The number of aliphatic carboxylic acids is 1. The lowest BCUT2D eigenvalue weighted by Gasteiger charge is -2.24. The Bertz CT molecular complexity index is 913. The van der Waals surface area contributed by atoms with Crippen molar-refractivity contribution in [3.8, 4) is 0 Å². The lowest BCUT2D eigenvalue weighted by molar-refractivity contribution is -0.197. The summed E-state index contributed by atoms with van der Waals surface area (Å²) in [5, 5.41) is 11.1. The summed E-state index contributed by atoms with van der Waals surface area (Å²) in [5.74, 6) is -2.48. The Hall–Kier alpha value is -2.83. The number of carboxylic acids is 1. The van der Waals surface area contributed by atoms with Gasteiger partial charge in [0, 0.05) is 0 Å². The van der Waals surface area contributed by atoms with Crippen LogP contribution in [0.3, 0.4) is 0 Å². The van der Waals surface area contributed by atoms with Gasteiger partial charge in [-0.3, -0.25) is 14.2 Å². The van der Waals surface area contributed by atoms with Crippen LogP contribution in [-0.2, 0) is 23.8 Å². The van der Waals surface area contributed by atoms with E-state index in [0.717, 1.165) is 0 Å². The summed E-state index contributed by atoms with van der Waals surface area (Å²) in [6, 6.07) is 0. The van der Waals surface area contributed by atoms with E-state index in [4.69, 9.17) is 25.1 Å². The number of fused-ring (bicyclic) bond motifs is 2. The number of nitrogens with two attached hydrogens (primary N) is 1. The molecule has 0 aliphatic carbocycles. The molecule has 4 N–H and O–H groups in total. The minimum absolute atomic E-state index is 0.216. The first-order chi connectivity index (χ1) is 12.8. The molecule has 4 heterocycles. The molecule has 144 valence electrons. The van der Waals surface area contributed by atoms with Crippen LogP contribution in [0.2, 0.25) is 0 Å². The Kier molecular flexibility index (Phi) is 3.98. The van der Waals surface area contributed by atoms with Crippen LogP contribution >= 0.6 is 0 Å². The lowest BCUT2D eigenvalue weighted by Crippen LogP contribution is -2.44. The van der Waals surface area contributed by atoms with E-state index in [2.05, 4.69) is 20.3 Å². The van der Waals surface area contributed by atoms with Gasteiger partial charge in [0.15, 0.2) is 29.6 Å². The molecule has 1 amide bonds. The third kappa shape index (κ3) is 2.97. The Balaban J connectivity index is 1.67. The highest BCUT2D eigenvalue weighted by Crippen LogP contribution is 2.43. The molecular formula is C15H18N6O6. The molecule has 0 bridgehead atoms. The van der Waals surface area contributed by atoms with Gasteiger partial charge in [0.2, 0.25) is 0 Å². The van der Waals surface area contributed by atoms with Gasteiger partial charge >= 0.3 is 5.97 Å². The van der Waals surface area contributed by atoms with Gasteiger partial charge < -0.3 is 30.4 Å². The van der Waals surface area contributed by atoms with Crippen LogP contribution in [0.25, 0.3) is 11.2 Å². The average Bonchev–Trinajstić information content (AvgIpc) is 3.24. The zero-order valence-electron chi connectivity index (χ0n) is 14.5. The highest BCUT2D eigenvalue weighted by Gasteiger charge is 2.58. The molecule has 2 aliphatic heterocycles. The van der Waals surface area contributed by atoms with Gasteiger partial charge in [0.05, 0.1) is 6.33 Å². The number of ether oxygens (including phenoxy) is 3. The van der Waals surface area contributed by atoms with E-state index in [1.54, 1.807) is 18.4 Å². The molecule has 4 rings (SSSR count). The topological polar surface area (TPSA) is 164 Å². The van der Waals surface area contributed by atoms with Crippen molar-refractivity contribution < 1.29 is 28.9 Å². The standard InChI is InChI=1S/C15H18N6O6/c1-15(2)26-8-9(13(24)17-3-6(22)23)25-14(10(8)27-15)21-5-20-7-11(16)18-4-19-12(7)21/h4-5,8-10,14H,3H2,1-2H3,(H,17,24)(H,22,23)(H2,16,18,19)/t8-,9+,10-,14-/m1/s1. The van der Waals surface area contributed by atoms with Crippen LogP contribution in [0.5, 0.6) is 0 Å². The van der Waals surface area contributed by atoms with Gasteiger partial charge in [0.1, 0.15) is 30.6 Å². The number of hydrogen-bond acceptors (Lipinski definition) is 9. The number of anilines is 1. The molecule has 2 aliphatic rings. The maximum absolute atomic E-state index is 12.4. The van der Waals surface area contributed by atoms with E-state index >= 15 is 0 Å². The first kappa shape index (κ1) is 17.6. The Morgan fingerprint density at radius 2 is 2.04 bits per heavy atom. The van der Waals surface area contributed by atoms with Crippen LogP contribution in [0.15, 0.2) is 12.7 Å². The number of amides is 1. The Morgan fingerprint density at radius 3 is 2.78 bits per heavy atom. The summed E-state index contributed by atoms with van der Waals surface area (Å²) in [6.45, 7) is 2.92. The minimum atomic E-state index is -1.16. The number of aromatic nitrogens is 4. The largest absolute Gasteiger partial charge is 0.480 e. The van der Waals surface area contributed by atoms with Crippen LogP contribution < -0.4 is 11.1 Å². The fourth-order valence-electron chi connectivity index (χ4n) is 3.33. The van der Waals surface area contributed by atoms with E-state index < -0.39 is 48.7 Å². The molecule has 2 fully saturated rings. The van der Waals surface area contributed by atoms with Crippen molar-refractivity contribution in [2.45, 2.75) is 44.2 Å². The fourth-order valence-corrected chi connectivity index (χ4v) is 3.33. The van der Waals surface area contributed by atoms with Gasteiger partial charge in [-0.25, -0.2) is 15.0 Å². The molecule has 4 atom stereocenters. The number of hydrogen-bond donors (Lipinski definition) is 3. The second-order valence-corrected chi connectivity index (χ2v) is 6.71. The van der Waals surface area contributed by atoms with Crippen molar-refractivity contribution in [1.29, 1.82) is 0 Å². The summed E-state index contributed by atoms with van der Waals surface area (Å²) >= 11 is 0. The molecule has 0 unspecified atom stereocenters. The summed E-state index contributed by atoms with van der Waals surface area (Å²) < 4.78 is 19.2. The molecule has 2 aromatic rings. The second kappa shape index (κ2) is 6.11. The van der Waals surface area contributed by atoms with E-state index in [9.17, 15) is 9.59 Å². The molecule has 0 saturated carbocycles. The first-order valence-electron chi connectivity index (χ1n) is 8.20. The second-order valence-electron chi connectivity index (χ2n) is 6.71. The molecule has 27 heavy (non-hydrogen) atoms. The summed E-state index contributed by atoms with van der Waals surface area (Å²) in [4.78, 5) is 35.4. The number of nitrogens with one attached hydrogen (secondary N) is 1. The highest BCUT2D eigenvalue weighted by atomic mass is 16.8. The summed E-state index contributed by atoms with van der Waals surface area (Å²) in [6.07, 6.45) is -0.405. The maximum atomic E-state index is 12.4. The van der Waals surface area contributed by atoms with Crippen molar-refractivity contribution in [3.63, 3.8) is 0 Å². The van der Waals surface area contributed by atoms with E-state index in [-0.39, 0.29) is 5.82 Å². The molecule has 12 nitrogen and oxygen atoms in total. The van der Waals surface area contributed by atoms with Gasteiger partial charge in [-0.2, -0.15) is 0 Å². The van der Waals surface area contributed by atoms with Crippen molar-refractivity contribution in [2.24, 2.45) is 0 Å². The predicted molar refractivity (Wildman–Crippen MR) is 88.1 cm³/mol. The third-order valence-electron chi connectivity index (χ3n) is 4.36. The number of nitrogens with zero attached hydrogens (tertiary/aromatic N) is 4. The number of rotatable bonds is 4. The van der Waals surface area contributed by atoms with Crippen molar-refractivity contribution in [3.05, 3.63) is 12.7 Å². The molecular weight excluding hydrogens is 360 g/mol. The quantitative estimate of drug-likeness (QED) is 0.603. The molecule has 2 saturated heterocycles. The number of nitrogen functional groups attached to an aromatic ring is 1. The van der Waals surface area contributed by atoms with E-state index in [1.807, 2.05) is 0 Å². The Morgan fingerprint density at radius 1 is 1.30 bits per heavy atom. The lowest BCUT2D eigenvalue weighted by atomic mass is 10.1. The summed E-state index contributed by atoms with van der Waals surface area (Å²) in [7, 11) is 0. The van der Waals surface area contributed by atoms with Crippen LogP contribution in [0, 0.1) is 0 Å². The number of imidazole rings is 1. The fraction of sp³-hybridized carbons (Fsp3) is 0.533. The van der Waals surface area contributed by atoms with Crippen molar-refractivity contribution in [1.82, 2.24) is 24.8 Å². The van der Waals surface area contributed by atoms with Gasteiger partial charge in [-0.15, -0.1) is 0 Å². The van der Waals surface area contributed by atoms with Crippen LogP contribution in [0.4, 0.5) is 5.82 Å². The molecule has 0 radical (unpaired) electrons. The van der Waals surface area contributed by atoms with Crippen LogP contribution in [-0.4, -0.2) is 67.1 Å². The van der Waals surface area contributed by atoms with Crippen molar-refractivity contribution >= 4 is 28.9 Å². The van der Waals surface area contributed by atoms with Gasteiger partial charge in [-0.1, -0.05) is 0 Å². The minimum Gasteiger partial charge on any atom is -0.480 e. The molecule has 0 spiro atoms. The molecule has 2 aromatic heterocycles.